The molecule has 0 atom stereocenters. The molecule has 104 valence electrons. The van der Waals surface area contributed by atoms with Crippen molar-refractivity contribution >= 4 is 11.6 Å². The van der Waals surface area contributed by atoms with Gasteiger partial charge in [0, 0.05) is 11.6 Å². The number of nitrogens with one attached hydrogen (secondary N) is 1. The first-order valence-corrected chi connectivity index (χ1v) is 7.34. The van der Waals surface area contributed by atoms with Gasteiger partial charge in [-0.3, -0.25) is 0 Å². The summed E-state index contributed by atoms with van der Waals surface area (Å²) in [6.45, 7) is 0.820. The van der Waals surface area contributed by atoms with Gasteiger partial charge in [-0.2, -0.15) is 0 Å². The predicted molar refractivity (Wildman–Crippen MR) is 83.3 cm³/mol. The molecular formula is C17H18ClNO. The maximum absolute atomic E-state index is 6.15. The van der Waals surface area contributed by atoms with Gasteiger partial charge in [0.25, 0.3) is 0 Å². The van der Waals surface area contributed by atoms with E-state index in [9.17, 15) is 0 Å². The number of halogens is 1. The van der Waals surface area contributed by atoms with E-state index in [4.69, 9.17) is 16.3 Å². The van der Waals surface area contributed by atoms with E-state index < -0.39 is 0 Å². The number of hydrogen-bond donors (Lipinski definition) is 1. The highest BCUT2D eigenvalue weighted by molar-refractivity contribution is 6.30. The summed E-state index contributed by atoms with van der Waals surface area (Å²) in [7, 11) is 1.95. The standard InChI is InChI=1S/C17H18ClNO/c1-19-11-13-5-6-14(18)10-17(13)12-3-2-4-16(9-12)20-15-7-8-15/h2-6,9-10,15,19H,7-8,11H2,1H3. The summed E-state index contributed by atoms with van der Waals surface area (Å²) in [4.78, 5) is 0. The second-order valence-electron chi connectivity index (χ2n) is 5.18. The molecule has 0 saturated heterocycles. The average molecular weight is 288 g/mol. The van der Waals surface area contributed by atoms with Crippen LogP contribution in [0, 0.1) is 0 Å². The molecule has 0 bridgehead atoms. The number of rotatable bonds is 5. The molecule has 0 amide bonds. The highest BCUT2D eigenvalue weighted by Crippen LogP contribution is 2.32. The lowest BCUT2D eigenvalue weighted by Gasteiger charge is -2.12. The fraction of sp³-hybridized carbons (Fsp3) is 0.294. The molecule has 2 aromatic rings. The van der Waals surface area contributed by atoms with E-state index in [0.717, 1.165) is 28.4 Å². The van der Waals surface area contributed by atoms with Crippen molar-refractivity contribution in [2.45, 2.75) is 25.5 Å². The van der Waals surface area contributed by atoms with Gasteiger partial charge in [0.05, 0.1) is 6.10 Å². The summed E-state index contributed by atoms with van der Waals surface area (Å²) < 4.78 is 5.87. The molecule has 20 heavy (non-hydrogen) atoms. The molecule has 1 saturated carbocycles. The fourth-order valence-electron chi connectivity index (χ4n) is 2.28. The van der Waals surface area contributed by atoms with Crippen LogP contribution in [0.2, 0.25) is 5.02 Å². The van der Waals surface area contributed by atoms with Crippen molar-refractivity contribution in [3.05, 3.63) is 53.1 Å². The largest absolute Gasteiger partial charge is 0.490 e. The first kappa shape index (κ1) is 13.5. The third kappa shape index (κ3) is 3.14. The van der Waals surface area contributed by atoms with Gasteiger partial charge in [0.2, 0.25) is 0 Å². The van der Waals surface area contributed by atoms with Gasteiger partial charge in [-0.15, -0.1) is 0 Å². The third-order valence-electron chi connectivity index (χ3n) is 3.41. The lowest BCUT2D eigenvalue weighted by Crippen LogP contribution is -2.06. The monoisotopic (exact) mass is 287 g/mol. The Morgan fingerprint density at radius 1 is 1.20 bits per heavy atom. The Kier molecular flexibility index (Phi) is 3.95. The van der Waals surface area contributed by atoms with Gasteiger partial charge in [-0.05, 0) is 60.8 Å². The fourth-order valence-corrected chi connectivity index (χ4v) is 2.45. The number of hydrogen-bond acceptors (Lipinski definition) is 2. The zero-order valence-corrected chi connectivity index (χ0v) is 12.3. The number of benzene rings is 2. The van der Waals surface area contributed by atoms with E-state index in [1.54, 1.807) is 0 Å². The van der Waals surface area contributed by atoms with Crippen molar-refractivity contribution in [1.29, 1.82) is 0 Å². The summed E-state index contributed by atoms with van der Waals surface area (Å²) in [5, 5.41) is 3.95. The quantitative estimate of drug-likeness (QED) is 0.887. The maximum atomic E-state index is 6.15. The highest BCUT2D eigenvalue weighted by Gasteiger charge is 2.23. The minimum absolute atomic E-state index is 0.418. The first-order chi connectivity index (χ1) is 9.76. The third-order valence-corrected chi connectivity index (χ3v) is 3.65. The van der Waals surface area contributed by atoms with E-state index >= 15 is 0 Å². The topological polar surface area (TPSA) is 21.3 Å². The second-order valence-corrected chi connectivity index (χ2v) is 5.61. The molecule has 0 aromatic heterocycles. The predicted octanol–water partition coefficient (Wildman–Crippen LogP) is 4.27. The van der Waals surface area contributed by atoms with E-state index in [0.29, 0.717) is 6.10 Å². The van der Waals surface area contributed by atoms with Crippen LogP contribution in [-0.2, 0) is 6.54 Å². The minimum Gasteiger partial charge on any atom is -0.490 e. The molecule has 3 heteroatoms. The first-order valence-electron chi connectivity index (χ1n) is 6.96. The van der Waals surface area contributed by atoms with Crippen molar-refractivity contribution < 1.29 is 4.74 Å². The molecule has 2 aromatic carbocycles. The molecule has 1 aliphatic carbocycles. The molecule has 2 nitrogen and oxygen atoms in total. The Bertz CT molecular complexity index is 608. The van der Waals surface area contributed by atoms with Crippen LogP contribution < -0.4 is 10.1 Å². The van der Waals surface area contributed by atoms with Crippen molar-refractivity contribution in [1.82, 2.24) is 5.32 Å². The summed E-state index contributed by atoms with van der Waals surface area (Å²) in [5.74, 6) is 0.945. The van der Waals surface area contributed by atoms with E-state index in [1.165, 1.54) is 18.4 Å². The minimum atomic E-state index is 0.418. The smallest absolute Gasteiger partial charge is 0.120 e. The van der Waals surface area contributed by atoms with Crippen LogP contribution in [0.4, 0.5) is 0 Å². The van der Waals surface area contributed by atoms with Crippen LogP contribution in [0.3, 0.4) is 0 Å². The summed E-state index contributed by atoms with van der Waals surface area (Å²) >= 11 is 6.15. The van der Waals surface area contributed by atoms with Gasteiger partial charge in [-0.1, -0.05) is 29.8 Å². The van der Waals surface area contributed by atoms with Crippen LogP contribution in [0.25, 0.3) is 11.1 Å². The van der Waals surface area contributed by atoms with Crippen molar-refractivity contribution in [3.8, 4) is 16.9 Å². The normalized spacial score (nSPS) is 14.3. The van der Waals surface area contributed by atoms with Crippen LogP contribution in [0.5, 0.6) is 5.75 Å². The molecular weight excluding hydrogens is 270 g/mol. The molecule has 3 rings (SSSR count). The van der Waals surface area contributed by atoms with Crippen molar-refractivity contribution in [2.24, 2.45) is 0 Å². The molecule has 1 aliphatic rings. The molecule has 0 unspecified atom stereocenters. The van der Waals surface area contributed by atoms with Crippen LogP contribution in [-0.4, -0.2) is 13.2 Å². The number of ether oxygens (including phenoxy) is 1. The summed E-state index contributed by atoms with van der Waals surface area (Å²) in [6, 6.07) is 14.3. The SMILES string of the molecule is CNCc1ccc(Cl)cc1-c1cccc(OC2CC2)c1. The van der Waals surface area contributed by atoms with Gasteiger partial charge in [0.1, 0.15) is 5.75 Å². The molecule has 0 heterocycles. The summed E-state index contributed by atoms with van der Waals surface area (Å²) in [5.41, 5.74) is 3.55. The second kappa shape index (κ2) is 5.86. The summed E-state index contributed by atoms with van der Waals surface area (Å²) in [6.07, 6.45) is 2.76. The van der Waals surface area contributed by atoms with Gasteiger partial charge < -0.3 is 10.1 Å². The maximum Gasteiger partial charge on any atom is 0.120 e. The van der Waals surface area contributed by atoms with Crippen molar-refractivity contribution in [3.63, 3.8) is 0 Å². The van der Waals surface area contributed by atoms with Crippen LogP contribution >= 0.6 is 11.6 Å². The Labute approximate surface area is 124 Å². The van der Waals surface area contributed by atoms with E-state index in [-0.39, 0.29) is 0 Å². The lowest BCUT2D eigenvalue weighted by atomic mass is 9.99. The Morgan fingerprint density at radius 2 is 2.05 bits per heavy atom. The zero-order valence-electron chi connectivity index (χ0n) is 11.5. The zero-order chi connectivity index (χ0) is 13.9. The van der Waals surface area contributed by atoms with Gasteiger partial charge in [0.15, 0.2) is 0 Å². The van der Waals surface area contributed by atoms with E-state index in [1.807, 2.05) is 31.3 Å². The van der Waals surface area contributed by atoms with E-state index in [2.05, 4.69) is 23.5 Å². The lowest BCUT2D eigenvalue weighted by molar-refractivity contribution is 0.303. The average Bonchev–Trinajstić information content (AvgIpc) is 3.25. The van der Waals surface area contributed by atoms with Gasteiger partial charge >= 0.3 is 0 Å². The Balaban J connectivity index is 1.96. The Morgan fingerprint density at radius 3 is 2.80 bits per heavy atom. The molecule has 1 fully saturated rings. The molecule has 0 spiro atoms. The molecule has 0 radical (unpaired) electrons. The molecule has 0 aliphatic heterocycles. The highest BCUT2D eigenvalue weighted by atomic mass is 35.5. The van der Waals surface area contributed by atoms with Gasteiger partial charge in [-0.25, -0.2) is 0 Å². The Hall–Kier alpha value is -1.51. The van der Waals surface area contributed by atoms with Crippen LogP contribution in [0.1, 0.15) is 18.4 Å². The molecule has 1 N–H and O–H groups in total. The van der Waals surface area contributed by atoms with Crippen LogP contribution in [0.15, 0.2) is 42.5 Å². The van der Waals surface area contributed by atoms with Crippen molar-refractivity contribution in [2.75, 3.05) is 7.05 Å².